The highest BCUT2D eigenvalue weighted by molar-refractivity contribution is 7.16. The molecule has 6 nitrogen and oxygen atoms in total. The van der Waals surface area contributed by atoms with Crippen LogP contribution in [0.25, 0.3) is 4.96 Å². The molecule has 3 fully saturated rings. The lowest BCUT2D eigenvalue weighted by Gasteiger charge is -2.24. The fraction of sp³-hybridized carbons (Fsp3) is 0.722. The zero-order chi connectivity index (χ0) is 17.1. The molecule has 4 atom stereocenters. The minimum absolute atomic E-state index is 0.0667. The first-order valence-corrected chi connectivity index (χ1v) is 10.2. The fourth-order valence-electron chi connectivity index (χ4n) is 4.74. The Labute approximate surface area is 150 Å². The van der Waals surface area contributed by atoms with Crippen LogP contribution in [0.1, 0.15) is 55.1 Å². The molecule has 0 radical (unpaired) electrons. The van der Waals surface area contributed by atoms with Crippen molar-refractivity contribution in [2.45, 2.75) is 63.1 Å². The third kappa shape index (κ3) is 2.92. The number of fused-ring (bicyclic) bond motifs is 2. The first-order chi connectivity index (χ1) is 12.1. The molecular weight excluding hydrogens is 336 g/mol. The summed E-state index contributed by atoms with van der Waals surface area (Å²) in [7, 11) is 2.13. The summed E-state index contributed by atoms with van der Waals surface area (Å²) in [5, 5.41) is 15.3. The quantitative estimate of drug-likeness (QED) is 0.903. The smallest absolute Gasteiger partial charge is 0.275 e. The maximum Gasteiger partial charge on any atom is 0.275 e. The van der Waals surface area contributed by atoms with Gasteiger partial charge in [-0.2, -0.15) is 9.61 Å². The molecule has 0 aliphatic heterocycles. The molecule has 5 rings (SSSR count). The Bertz CT molecular complexity index is 844. The summed E-state index contributed by atoms with van der Waals surface area (Å²) in [5.41, 5.74) is 0.776. The van der Waals surface area contributed by atoms with Gasteiger partial charge >= 0.3 is 0 Å². The van der Waals surface area contributed by atoms with E-state index in [0.29, 0.717) is 30.3 Å². The third-order valence-electron chi connectivity index (χ3n) is 6.24. The predicted molar refractivity (Wildman–Crippen MR) is 95.8 cm³/mol. The number of hydrogen-bond donors (Lipinski definition) is 1. The minimum Gasteiger partial charge on any atom is -0.393 e. The van der Waals surface area contributed by atoms with E-state index in [0.717, 1.165) is 41.3 Å². The molecule has 2 aromatic rings. The normalized spacial score (nSPS) is 32.0. The summed E-state index contributed by atoms with van der Waals surface area (Å²) >= 11 is 1.56. The third-order valence-corrected chi connectivity index (χ3v) is 7.31. The minimum atomic E-state index is -0.0858. The van der Waals surface area contributed by atoms with Crippen molar-refractivity contribution >= 4 is 16.3 Å². The van der Waals surface area contributed by atoms with Crippen molar-refractivity contribution in [3.8, 4) is 0 Å². The first-order valence-electron chi connectivity index (χ1n) is 9.35. The van der Waals surface area contributed by atoms with Gasteiger partial charge in [0.1, 0.15) is 5.01 Å². The van der Waals surface area contributed by atoms with Gasteiger partial charge in [-0.05, 0) is 57.4 Å². The van der Waals surface area contributed by atoms with Gasteiger partial charge in [0.25, 0.3) is 5.56 Å². The molecule has 3 aliphatic carbocycles. The van der Waals surface area contributed by atoms with E-state index < -0.39 is 0 Å². The van der Waals surface area contributed by atoms with E-state index in [2.05, 4.69) is 17.0 Å². The average Bonchev–Trinajstić information content (AvgIpc) is 3.04. The molecule has 0 spiro atoms. The van der Waals surface area contributed by atoms with Gasteiger partial charge in [0.15, 0.2) is 0 Å². The highest BCUT2D eigenvalue weighted by Crippen LogP contribution is 2.45. The van der Waals surface area contributed by atoms with Crippen LogP contribution in [0.3, 0.4) is 0 Å². The van der Waals surface area contributed by atoms with Gasteiger partial charge in [0, 0.05) is 24.6 Å². The van der Waals surface area contributed by atoms with Crippen LogP contribution in [0.5, 0.6) is 0 Å². The largest absolute Gasteiger partial charge is 0.393 e. The number of aliphatic hydroxyl groups is 1. The van der Waals surface area contributed by atoms with E-state index in [1.54, 1.807) is 17.4 Å². The van der Waals surface area contributed by atoms with Crippen LogP contribution in [0.2, 0.25) is 0 Å². The van der Waals surface area contributed by atoms with Crippen molar-refractivity contribution in [2.24, 2.45) is 11.8 Å². The topological polar surface area (TPSA) is 70.7 Å². The Morgan fingerprint density at radius 1 is 1.28 bits per heavy atom. The highest BCUT2D eigenvalue weighted by atomic mass is 32.1. The van der Waals surface area contributed by atoms with Crippen LogP contribution in [0, 0.1) is 11.8 Å². The van der Waals surface area contributed by atoms with Crippen LogP contribution in [0.4, 0.5) is 0 Å². The van der Waals surface area contributed by atoms with Crippen LogP contribution in [-0.4, -0.2) is 43.8 Å². The Morgan fingerprint density at radius 3 is 2.68 bits per heavy atom. The molecule has 25 heavy (non-hydrogen) atoms. The van der Waals surface area contributed by atoms with Gasteiger partial charge < -0.3 is 5.11 Å². The molecule has 0 amide bonds. The Kier molecular flexibility index (Phi) is 3.73. The van der Waals surface area contributed by atoms with Crippen LogP contribution in [-0.2, 0) is 6.54 Å². The van der Waals surface area contributed by atoms with E-state index in [1.165, 1.54) is 17.4 Å². The van der Waals surface area contributed by atoms with Gasteiger partial charge in [-0.1, -0.05) is 11.3 Å². The molecule has 2 aromatic heterocycles. The van der Waals surface area contributed by atoms with Crippen molar-refractivity contribution in [1.29, 1.82) is 0 Å². The van der Waals surface area contributed by atoms with Gasteiger partial charge in [-0.25, -0.2) is 4.98 Å². The number of hydrogen-bond acceptors (Lipinski definition) is 6. The second-order valence-electron chi connectivity index (χ2n) is 8.18. The molecule has 0 saturated heterocycles. The number of aromatic nitrogens is 3. The monoisotopic (exact) mass is 360 g/mol. The Hall–Kier alpha value is -1.31. The van der Waals surface area contributed by atoms with E-state index in [9.17, 15) is 9.90 Å². The van der Waals surface area contributed by atoms with E-state index in [1.807, 2.05) is 0 Å². The lowest BCUT2D eigenvalue weighted by atomic mass is 10.0. The second-order valence-corrected chi connectivity index (χ2v) is 9.17. The Balaban J connectivity index is 1.32. The van der Waals surface area contributed by atoms with Crippen molar-refractivity contribution in [2.75, 3.05) is 7.05 Å². The summed E-state index contributed by atoms with van der Waals surface area (Å²) < 4.78 is 1.46. The van der Waals surface area contributed by atoms with Crippen molar-refractivity contribution in [1.82, 2.24) is 19.5 Å². The standard InChI is InChI=1S/C18H24N4O2S/c1-21(14-4-11-6-15(23)7-12(11)5-14)9-13-8-16(24)22-18(19-13)25-17(20-22)10-2-3-10/h8,10-12,14-15,23H,2-7,9H2,1H3/t11-,12+,14?,15?. The van der Waals surface area contributed by atoms with Crippen LogP contribution >= 0.6 is 11.3 Å². The zero-order valence-electron chi connectivity index (χ0n) is 14.5. The summed E-state index contributed by atoms with van der Waals surface area (Å²) in [6.45, 7) is 0.703. The van der Waals surface area contributed by atoms with E-state index in [4.69, 9.17) is 4.98 Å². The number of nitrogens with zero attached hydrogens (tertiary/aromatic N) is 4. The summed E-state index contributed by atoms with van der Waals surface area (Å²) in [4.78, 5) is 20.1. The van der Waals surface area contributed by atoms with Crippen LogP contribution < -0.4 is 5.56 Å². The average molecular weight is 360 g/mol. The van der Waals surface area contributed by atoms with Crippen molar-refractivity contribution < 1.29 is 5.11 Å². The molecule has 134 valence electrons. The summed E-state index contributed by atoms with van der Waals surface area (Å²) in [6, 6.07) is 2.17. The first kappa shape index (κ1) is 15.9. The molecule has 2 unspecified atom stereocenters. The number of aliphatic hydroxyl groups excluding tert-OH is 1. The molecule has 1 N–H and O–H groups in total. The maximum absolute atomic E-state index is 12.4. The van der Waals surface area contributed by atoms with Gasteiger partial charge in [0.2, 0.25) is 4.96 Å². The van der Waals surface area contributed by atoms with E-state index in [-0.39, 0.29) is 11.7 Å². The van der Waals surface area contributed by atoms with Gasteiger partial charge in [-0.3, -0.25) is 9.69 Å². The van der Waals surface area contributed by atoms with Gasteiger partial charge in [0.05, 0.1) is 11.8 Å². The molecular formula is C18H24N4O2S. The molecule has 3 saturated carbocycles. The van der Waals surface area contributed by atoms with Crippen LogP contribution in [0.15, 0.2) is 10.9 Å². The number of rotatable bonds is 4. The lowest BCUT2D eigenvalue weighted by Crippen LogP contribution is -2.31. The molecule has 0 aromatic carbocycles. The molecule has 0 bridgehead atoms. The summed E-state index contributed by atoms with van der Waals surface area (Å²) in [6.07, 6.45) is 6.53. The maximum atomic E-state index is 12.4. The molecule has 7 heteroatoms. The molecule has 2 heterocycles. The van der Waals surface area contributed by atoms with Gasteiger partial charge in [-0.15, -0.1) is 0 Å². The molecule has 3 aliphatic rings. The van der Waals surface area contributed by atoms with E-state index >= 15 is 0 Å². The van der Waals surface area contributed by atoms with Crippen molar-refractivity contribution in [3.63, 3.8) is 0 Å². The zero-order valence-corrected chi connectivity index (χ0v) is 15.3. The SMILES string of the molecule is CN(Cc1cc(=O)n2nc(C3CC3)sc2n1)C1C[C@H]2CC(O)C[C@H]2C1. The lowest BCUT2D eigenvalue weighted by molar-refractivity contribution is 0.158. The highest BCUT2D eigenvalue weighted by Gasteiger charge is 2.42. The second kappa shape index (κ2) is 5.86. The summed E-state index contributed by atoms with van der Waals surface area (Å²) in [5.74, 6) is 1.89. The fourth-order valence-corrected chi connectivity index (χ4v) is 5.84. The predicted octanol–water partition coefficient (Wildman–Crippen LogP) is 2.01. The Morgan fingerprint density at radius 2 is 2.00 bits per heavy atom. The van der Waals surface area contributed by atoms with Crippen molar-refractivity contribution in [3.05, 3.63) is 27.1 Å².